The van der Waals surface area contributed by atoms with E-state index in [-0.39, 0.29) is 0 Å². The highest BCUT2D eigenvalue weighted by atomic mass is 79.9. The van der Waals surface area contributed by atoms with E-state index in [1.54, 1.807) is 0 Å². The largest absolute Gasteiger partial charge is 0.440 e. The van der Waals surface area contributed by atoms with Gasteiger partial charge >= 0.3 is 0 Å². The first-order chi connectivity index (χ1) is 11.4. The summed E-state index contributed by atoms with van der Waals surface area (Å²) in [5.74, 6) is 1.70. The van der Waals surface area contributed by atoms with Gasteiger partial charge in [-0.15, -0.1) is 0 Å². The van der Waals surface area contributed by atoms with E-state index in [4.69, 9.17) is 9.40 Å². The van der Waals surface area contributed by atoms with E-state index in [1.807, 2.05) is 36.4 Å². The maximum absolute atomic E-state index is 6.11. The quantitative estimate of drug-likeness (QED) is 0.370. The SMILES string of the molecule is BrCCCCCc1nc(-c2ccccc2)c(-c2ccccc2)o1. The molecule has 1 aromatic heterocycles. The number of aryl methyl sites for hydroxylation is 1. The molecule has 0 amide bonds. The number of halogens is 1. The van der Waals surface area contributed by atoms with E-state index in [2.05, 4.69) is 40.2 Å². The van der Waals surface area contributed by atoms with Gasteiger partial charge in [0.1, 0.15) is 5.69 Å². The monoisotopic (exact) mass is 369 g/mol. The molecule has 118 valence electrons. The van der Waals surface area contributed by atoms with E-state index in [0.717, 1.165) is 46.6 Å². The maximum atomic E-state index is 6.11. The van der Waals surface area contributed by atoms with Gasteiger partial charge in [-0.05, 0) is 12.8 Å². The molecule has 2 aromatic carbocycles. The number of nitrogens with zero attached hydrogens (tertiary/aromatic N) is 1. The van der Waals surface area contributed by atoms with Crippen LogP contribution in [0.2, 0.25) is 0 Å². The summed E-state index contributed by atoms with van der Waals surface area (Å²) in [6.45, 7) is 0. The van der Waals surface area contributed by atoms with Crippen molar-refractivity contribution in [3.8, 4) is 22.6 Å². The Bertz CT molecular complexity index is 665. The molecule has 2 nitrogen and oxygen atoms in total. The molecule has 0 saturated heterocycles. The van der Waals surface area contributed by atoms with Crippen molar-refractivity contribution in [3.05, 3.63) is 66.6 Å². The molecule has 0 aliphatic rings. The van der Waals surface area contributed by atoms with E-state index in [9.17, 15) is 0 Å². The Kier molecular flexibility index (Phi) is 5.65. The molecule has 0 radical (unpaired) electrons. The molecular weight excluding hydrogens is 350 g/mol. The van der Waals surface area contributed by atoms with E-state index < -0.39 is 0 Å². The Morgan fingerprint density at radius 2 is 1.43 bits per heavy atom. The molecule has 0 spiro atoms. The van der Waals surface area contributed by atoms with Crippen molar-refractivity contribution in [2.75, 3.05) is 5.33 Å². The maximum Gasteiger partial charge on any atom is 0.195 e. The highest BCUT2D eigenvalue weighted by molar-refractivity contribution is 9.09. The molecule has 3 rings (SSSR count). The van der Waals surface area contributed by atoms with Gasteiger partial charge in [-0.25, -0.2) is 4.98 Å². The second-order valence-electron chi connectivity index (χ2n) is 5.52. The number of oxazole rings is 1. The fourth-order valence-electron chi connectivity index (χ4n) is 2.60. The molecular formula is C20H20BrNO. The molecule has 0 atom stereocenters. The molecule has 0 N–H and O–H groups in total. The molecule has 3 heteroatoms. The number of hydrogen-bond donors (Lipinski definition) is 0. The van der Waals surface area contributed by atoms with Crippen LogP contribution in [0.3, 0.4) is 0 Å². The van der Waals surface area contributed by atoms with E-state index >= 15 is 0 Å². The van der Waals surface area contributed by atoms with Crippen LogP contribution < -0.4 is 0 Å². The predicted octanol–water partition coefficient (Wildman–Crippen LogP) is 6.12. The van der Waals surface area contributed by atoms with Crippen LogP contribution in [0.25, 0.3) is 22.6 Å². The Morgan fingerprint density at radius 3 is 2.09 bits per heavy atom. The summed E-state index contributed by atoms with van der Waals surface area (Å²) in [6.07, 6.45) is 4.38. The third kappa shape index (κ3) is 4.11. The molecule has 23 heavy (non-hydrogen) atoms. The summed E-state index contributed by atoms with van der Waals surface area (Å²) < 4.78 is 6.11. The highest BCUT2D eigenvalue weighted by Gasteiger charge is 2.16. The lowest BCUT2D eigenvalue weighted by Gasteiger charge is -2.00. The summed E-state index contributed by atoms with van der Waals surface area (Å²) in [6, 6.07) is 20.5. The number of aromatic nitrogens is 1. The lowest BCUT2D eigenvalue weighted by Crippen LogP contribution is -1.87. The van der Waals surface area contributed by atoms with Crippen molar-refractivity contribution in [2.24, 2.45) is 0 Å². The van der Waals surface area contributed by atoms with E-state index in [1.165, 1.54) is 12.8 Å². The molecule has 0 saturated carbocycles. The first-order valence-electron chi connectivity index (χ1n) is 8.05. The van der Waals surface area contributed by atoms with Crippen molar-refractivity contribution in [1.29, 1.82) is 0 Å². The van der Waals surface area contributed by atoms with Gasteiger partial charge in [0, 0.05) is 22.9 Å². The Balaban J connectivity index is 1.91. The van der Waals surface area contributed by atoms with Crippen LogP contribution in [-0.2, 0) is 6.42 Å². The average Bonchev–Trinajstić information content (AvgIpc) is 3.05. The Labute approximate surface area is 145 Å². The van der Waals surface area contributed by atoms with Gasteiger partial charge in [0.15, 0.2) is 11.7 Å². The van der Waals surface area contributed by atoms with Crippen molar-refractivity contribution >= 4 is 15.9 Å². The van der Waals surface area contributed by atoms with Gasteiger partial charge in [-0.2, -0.15) is 0 Å². The van der Waals surface area contributed by atoms with E-state index in [0.29, 0.717) is 0 Å². The van der Waals surface area contributed by atoms with Crippen molar-refractivity contribution < 1.29 is 4.42 Å². The molecule has 0 aliphatic heterocycles. The van der Waals surface area contributed by atoms with Crippen LogP contribution in [0.5, 0.6) is 0 Å². The second kappa shape index (κ2) is 8.11. The zero-order valence-corrected chi connectivity index (χ0v) is 14.6. The average molecular weight is 370 g/mol. The third-order valence-corrected chi connectivity index (χ3v) is 4.34. The van der Waals surface area contributed by atoms with Gasteiger partial charge in [0.05, 0.1) is 0 Å². The second-order valence-corrected chi connectivity index (χ2v) is 6.31. The summed E-state index contributed by atoms with van der Waals surface area (Å²) >= 11 is 3.47. The van der Waals surface area contributed by atoms with Crippen LogP contribution in [0.4, 0.5) is 0 Å². The summed E-state index contributed by atoms with van der Waals surface area (Å²) in [4.78, 5) is 4.78. The van der Waals surface area contributed by atoms with Gasteiger partial charge in [-0.1, -0.05) is 83.0 Å². The van der Waals surface area contributed by atoms with Gasteiger partial charge < -0.3 is 4.42 Å². The molecule has 3 aromatic rings. The van der Waals surface area contributed by atoms with Crippen molar-refractivity contribution in [3.63, 3.8) is 0 Å². The lowest BCUT2D eigenvalue weighted by molar-refractivity contribution is 0.493. The normalized spacial score (nSPS) is 10.8. The van der Waals surface area contributed by atoms with Crippen LogP contribution in [0.15, 0.2) is 65.1 Å². The summed E-state index contributed by atoms with van der Waals surface area (Å²) in [5, 5.41) is 1.06. The van der Waals surface area contributed by atoms with Crippen LogP contribution in [0.1, 0.15) is 25.2 Å². The zero-order valence-electron chi connectivity index (χ0n) is 13.0. The first kappa shape index (κ1) is 16.0. The number of rotatable bonds is 7. The molecule has 0 fully saturated rings. The minimum atomic E-state index is 0.831. The Morgan fingerprint density at radius 1 is 0.783 bits per heavy atom. The standard InChI is InChI=1S/C20H20BrNO/c21-15-9-3-8-14-18-22-19(16-10-4-1-5-11-16)20(23-18)17-12-6-2-7-13-17/h1-2,4-7,10-13H,3,8-9,14-15H2. The van der Waals surface area contributed by atoms with Crippen LogP contribution in [-0.4, -0.2) is 10.3 Å². The number of alkyl halides is 1. The lowest BCUT2D eigenvalue weighted by atomic mass is 10.1. The highest BCUT2D eigenvalue weighted by Crippen LogP contribution is 2.32. The molecule has 0 aliphatic carbocycles. The molecule has 0 unspecified atom stereocenters. The fourth-order valence-corrected chi connectivity index (χ4v) is 2.99. The predicted molar refractivity (Wildman–Crippen MR) is 98.7 cm³/mol. The number of benzene rings is 2. The minimum absolute atomic E-state index is 0.831. The minimum Gasteiger partial charge on any atom is -0.440 e. The zero-order chi connectivity index (χ0) is 15.9. The van der Waals surface area contributed by atoms with Crippen molar-refractivity contribution in [2.45, 2.75) is 25.7 Å². The smallest absolute Gasteiger partial charge is 0.195 e. The van der Waals surface area contributed by atoms with Crippen LogP contribution >= 0.6 is 15.9 Å². The topological polar surface area (TPSA) is 26.0 Å². The van der Waals surface area contributed by atoms with Gasteiger partial charge in [0.2, 0.25) is 0 Å². The van der Waals surface area contributed by atoms with Crippen molar-refractivity contribution in [1.82, 2.24) is 4.98 Å². The fraction of sp³-hybridized carbons (Fsp3) is 0.250. The summed E-state index contributed by atoms with van der Waals surface area (Å²) in [7, 11) is 0. The number of hydrogen-bond acceptors (Lipinski definition) is 2. The summed E-state index contributed by atoms with van der Waals surface area (Å²) in [5.41, 5.74) is 3.11. The third-order valence-electron chi connectivity index (χ3n) is 3.78. The van der Waals surface area contributed by atoms with Crippen LogP contribution in [0, 0.1) is 0 Å². The van der Waals surface area contributed by atoms with Gasteiger partial charge in [-0.3, -0.25) is 0 Å². The molecule has 1 heterocycles. The number of unbranched alkanes of at least 4 members (excludes halogenated alkanes) is 2. The molecule has 0 bridgehead atoms. The Hall–Kier alpha value is -1.87. The van der Waals surface area contributed by atoms with Gasteiger partial charge in [0.25, 0.3) is 0 Å². The first-order valence-corrected chi connectivity index (χ1v) is 9.17.